The fraction of sp³-hybridized carbons (Fsp3) is 0.115. The lowest BCUT2D eigenvalue weighted by atomic mass is 9.99. The maximum Gasteiger partial charge on any atom is 0.143 e. The number of rotatable bonds is 7. The fourth-order valence-corrected chi connectivity index (χ4v) is 3.59. The Morgan fingerprint density at radius 3 is 2.12 bits per heavy atom. The van der Waals surface area contributed by atoms with Crippen molar-refractivity contribution >= 4 is 11.9 Å². The van der Waals surface area contributed by atoms with Gasteiger partial charge >= 0.3 is 0 Å². The molecule has 0 aliphatic rings. The molecule has 1 heterocycles. The number of ether oxygens (including phenoxy) is 1. The van der Waals surface area contributed by atoms with Crippen LogP contribution in [0, 0.1) is 18.6 Å². The van der Waals surface area contributed by atoms with E-state index in [-0.39, 0.29) is 11.6 Å². The molecule has 0 radical (unpaired) electrons. The minimum Gasteiger partial charge on any atom is -0.495 e. The predicted molar refractivity (Wildman–Crippen MR) is 129 cm³/mol. The molecule has 0 atom stereocenters. The standard InChI is InChI=1S/C26H23F2N5O/c1-17-15-33(16-31-17)24-12-7-20(13-25(24)34-2)23(32-29)14-30-26(18-3-8-21(27)9-4-18)19-5-10-22(28)11-6-19/h3-16,26H,29H2,1-2H3. The van der Waals surface area contributed by atoms with Gasteiger partial charge in [-0.05, 0) is 54.4 Å². The second kappa shape index (κ2) is 10.1. The van der Waals surface area contributed by atoms with Gasteiger partial charge in [0.05, 0.1) is 37.1 Å². The number of hydrazone groups is 1. The van der Waals surface area contributed by atoms with Crippen molar-refractivity contribution in [2.24, 2.45) is 15.9 Å². The Balaban J connectivity index is 1.68. The van der Waals surface area contributed by atoms with Crippen LogP contribution in [0.25, 0.3) is 5.69 Å². The maximum absolute atomic E-state index is 13.5. The summed E-state index contributed by atoms with van der Waals surface area (Å²) in [6.07, 6.45) is 5.16. The summed E-state index contributed by atoms with van der Waals surface area (Å²) in [5, 5.41) is 3.90. The molecule has 34 heavy (non-hydrogen) atoms. The summed E-state index contributed by atoms with van der Waals surface area (Å²) in [7, 11) is 1.58. The van der Waals surface area contributed by atoms with Gasteiger partial charge in [-0.25, -0.2) is 13.8 Å². The van der Waals surface area contributed by atoms with Gasteiger partial charge in [-0.3, -0.25) is 4.99 Å². The first-order valence-corrected chi connectivity index (χ1v) is 10.5. The average molecular weight is 460 g/mol. The first kappa shape index (κ1) is 22.8. The summed E-state index contributed by atoms with van der Waals surface area (Å²) in [6, 6.07) is 17.1. The van der Waals surface area contributed by atoms with Gasteiger partial charge in [0.25, 0.3) is 0 Å². The van der Waals surface area contributed by atoms with Gasteiger partial charge in [0.2, 0.25) is 0 Å². The highest BCUT2D eigenvalue weighted by molar-refractivity contribution is 6.38. The number of halogens is 2. The summed E-state index contributed by atoms with van der Waals surface area (Å²) in [6.45, 7) is 1.91. The second-order valence-corrected chi connectivity index (χ2v) is 7.61. The van der Waals surface area contributed by atoms with Gasteiger partial charge in [0.15, 0.2) is 0 Å². The molecule has 0 aliphatic carbocycles. The molecule has 4 aromatic rings. The third-order valence-corrected chi connectivity index (χ3v) is 5.32. The molecule has 0 saturated heterocycles. The van der Waals surface area contributed by atoms with Crippen molar-refractivity contribution in [3.05, 3.63) is 113 Å². The molecule has 0 saturated carbocycles. The zero-order valence-electron chi connectivity index (χ0n) is 18.7. The van der Waals surface area contributed by atoms with Gasteiger partial charge in [-0.1, -0.05) is 30.3 Å². The van der Waals surface area contributed by atoms with E-state index in [9.17, 15) is 8.78 Å². The molecule has 2 N–H and O–H groups in total. The van der Waals surface area contributed by atoms with E-state index in [1.807, 2.05) is 35.9 Å². The second-order valence-electron chi connectivity index (χ2n) is 7.61. The normalized spacial score (nSPS) is 12.0. The van der Waals surface area contributed by atoms with Gasteiger partial charge in [0.1, 0.15) is 23.1 Å². The fourth-order valence-electron chi connectivity index (χ4n) is 3.59. The minimum atomic E-state index is -0.506. The van der Waals surface area contributed by atoms with Gasteiger partial charge < -0.3 is 15.1 Å². The van der Waals surface area contributed by atoms with Gasteiger partial charge in [-0.15, -0.1) is 0 Å². The largest absolute Gasteiger partial charge is 0.495 e. The van der Waals surface area contributed by atoms with Crippen molar-refractivity contribution < 1.29 is 13.5 Å². The number of aryl methyl sites for hydroxylation is 1. The number of aromatic nitrogens is 2. The highest BCUT2D eigenvalue weighted by atomic mass is 19.1. The monoisotopic (exact) mass is 459 g/mol. The number of aliphatic imine (C=N–C) groups is 1. The third-order valence-electron chi connectivity index (χ3n) is 5.32. The molecular weight excluding hydrogens is 436 g/mol. The number of hydrogen-bond acceptors (Lipinski definition) is 5. The Hall–Kier alpha value is -4.33. The lowest BCUT2D eigenvalue weighted by Crippen LogP contribution is -2.09. The van der Waals surface area contributed by atoms with E-state index < -0.39 is 6.04 Å². The average Bonchev–Trinajstić information content (AvgIpc) is 3.29. The molecule has 0 spiro atoms. The lowest BCUT2D eigenvalue weighted by Gasteiger charge is -2.14. The molecule has 0 amide bonds. The van der Waals surface area contributed by atoms with Crippen LogP contribution in [0.1, 0.15) is 28.4 Å². The maximum atomic E-state index is 13.5. The zero-order valence-corrected chi connectivity index (χ0v) is 18.7. The number of nitrogens with zero attached hydrogens (tertiary/aromatic N) is 4. The van der Waals surface area contributed by atoms with Crippen LogP contribution in [0.2, 0.25) is 0 Å². The van der Waals surface area contributed by atoms with Crippen LogP contribution < -0.4 is 10.6 Å². The van der Waals surface area contributed by atoms with Crippen LogP contribution in [0.4, 0.5) is 8.78 Å². The van der Waals surface area contributed by atoms with E-state index in [2.05, 4.69) is 15.1 Å². The van der Waals surface area contributed by atoms with Gasteiger partial charge in [0, 0.05) is 11.8 Å². The summed E-state index contributed by atoms with van der Waals surface area (Å²) < 4.78 is 34.4. The first-order chi connectivity index (χ1) is 16.5. The molecule has 0 bridgehead atoms. The van der Waals surface area contributed by atoms with Crippen molar-refractivity contribution in [1.82, 2.24) is 9.55 Å². The number of methoxy groups -OCH3 is 1. The van der Waals surface area contributed by atoms with E-state index in [4.69, 9.17) is 10.6 Å². The van der Waals surface area contributed by atoms with E-state index in [0.717, 1.165) is 22.5 Å². The van der Waals surface area contributed by atoms with Crippen molar-refractivity contribution in [2.75, 3.05) is 7.11 Å². The van der Waals surface area contributed by atoms with Crippen LogP contribution >= 0.6 is 0 Å². The Morgan fingerprint density at radius 2 is 1.62 bits per heavy atom. The van der Waals surface area contributed by atoms with Crippen LogP contribution in [0.5, 0.6) is 5.75 Å². The number of nitrogens with two attached hydrogens (primary N) is 1. The quantitative estimate of drug-likeness (QED) is 0.240. The Kier molecular flexibility index (Phi) is 6.77. The van der Waals surface area contributed by atoms with Crippen molar-refractivity contribution in [2.45, 2.75) is 13.0 Å². The zero-order chi connectivity index (χ0) is 24.1. The van der Waals surface area contributed by atoms with E-state index in [1.54, 1.807) is 43.9 Å². The van der Waals surface area contributed by atoms with Crippen molar-refractivity contribution in [3.63, 3.8) is 0 Å². The summed E-state index contributed by atoms with van der Waals surface area (Å²) >= 11 is 0. The lowest BCUT2D eigenvalue weighted by molar-refractivity contribution is 0.413. The highest BCUT2D eigenvalue weighted by Crippen LogP contribution is 2.28. The van der Waals surface area contributed by atoms with Crippen LogP contribution in [-0.4, -0.2) is 28.6 Å². The number of benzene rings is 3. The molecule has 3 aromatic carbocycles. The van der Waals surface area contributed by atoms with Crippen molar-refractivity contribution in [3.8, 4) is 11.4 Å². The summed E-state index contributed by atoms with van der Waals surface area (Å²) in [5.74, 6) is 5.60. The summed E-state index contributed by atoms with van der Waals surface area (Å²) in [5.41, 5.74) is 4.29. The van der Waals surface area contributed by atoms with E-state index >= 15 is 0 Å². The Labute approximate surface area is 196 Å². The summed E-state index contributed by atoms with van der Waals surface area (Å²) in [4.78, 5) is 8.93. The topological polar surface area (TPSA) is 77.8 Å². The smallest absolute Gasteiger partial charge is 0.143 e. The molecule has 0 fully saturated rings. The first-order valence-electron chi connectivity index (χ1n) is 10.5. The number of hydrogen-bond donors (Lipinski definition) is 1. The third kappa shape index (κ3) is 5.01. The molecular formula is C26H23F2N5O. The van der Waals surface area contributed by atoms with E-state index in [1.165, 1.54) is 24.3 Å². The molecule has 0 unspecified atom stereocenters. The SMILES string of the molecule is COc1cc(C(C=NC(c2ccc(F)cc2)c2ccc(F)cc2)=NN)ccc1-n1cnc(C)c1. The number of imidazole rings is 1. The van der Waals surface area contributed by atoms with Crippen LogP contribution in [-0.2, 0) is 0 Å². The Bertz CT molecular complexity index is 1280. The van der Waals surface area contributed by atoms with Crippen LogP contribution in [0.3, 0.4) is 0 Å². The van der Waals surface area contributed by atoms with Crippen molar-refractivity contribution in [1.29, 1.82) is 0 Å². The molecule has 4 rings (SSSR count). The predicted octanol–water partition coefficient (Wildman–Crippen LogP) is 4.99. The molecule has 172 valence electrons. The van der Waals surface area contributed by atoms with E-state index in [0.29, 0.717) is 17.0 Å². The molecule has 0 aliphatic heterocycles. The van der Waals surface area contributed by atoms with Crippen LogP contribution in [0.15, 0.2) is 89.3 Å². The molecule has 6 nitrogen and oxygen atoms in total. The highest BCUT2D eigenvalue weighted by Gasteiger charge is 2.15. The molecule has 8 heteroatoms. The molecule has 1 aromatic heterocycles. The minimum absolute atomic E-state index is 0.352. The van der Waals surface area contributed by atoms with Gasteiger partial charge in [-0.2, -0.15) is 5.10 Å². The Morgan fingerprint density at radius 1 is 1.00 bits per heavy atom.